The van der Waals surface area contributed by atoms with E-state index < -0.39 is 0 Å². The number of H-pyrrole nitrogens is 1. The second-order valence-corrected chi connectivity index (χ2v) is 3.84. The van der Waals surface area contributed by atoms with Crippen molar-refractivity contribution in [2.24, 2.45) is 0 Å². The third-order valence-corrected chi connectivity index (χ3v) is 2.58. The predicted octanol–water partition coefficient (Wildman–Crippen LogP) is 1.56. The zero-order valence-corrected chi connectivity index (χ0v) is 10.2. The maximum atomic E-state index is 12.0. The maximum Gasteiger partial charge on any atom is 0.256 e. The topological polar surface area (TPSA) is 93.0 Å². The van der Waals surface area contributed by atoms with Gasteiger partial charge >= 0.3 is 0 Å². The molecule has 0 spiro atoms. The van der Waals surface area contributed by atoms with Crippen LogP contribution in [0.3, 0.4) is 0 Å². The number of aromatic nitrogens is 2. The molecular weight excluding hydrogens is 232 g/mol. The largest absolute Gasteiger partial charge is 0.496 e. The van der Waals surface area contributed by atoms with E-state index in [0.29, 0.717) is 22.8 Å². The number of anilines is 2. The van der Waals surface area contributed by atoms with Crippen LogP contribution in [0.25, 0.3) is 0 Å². The average molecular weight is 246 g/mol. The van der Waals surface area contributed by atoms with Crippen LogP contribution in [0.4, 0.5) is 11.5 Å². The molecule has 0 aliphatic rings. The molecule has 0 unspecified atom stereocenters. The van der Waals surface area contributed by atoms with Crippen molar-refractivity contribution in [1.29, 1.82) is 0 Å². The van der Waals surface area contributed by atoms with E-state index in [4.69, 9.17) is 10.5 Å². The minimum absolute atomic E-state index is 0.274. The lowest BCUT2D eigenvalue weighted by molar-refractivity contribution is 0.102. The van der Waals surface area contributed by atoms with E-state index in [0.717, 1.165) is 5.56 Å². The number of rotatable bonds is 3. The first-order chi connectivity index (χ1) is 8.61. The van der Waals surface area contributed by atoms with Crippen molar-refractivity contribution in [1.82, 2.24) is 10.2 Å². The summed E-state index contributed by atoms with van der Waals surface area (Å²) in [6, 6.07) is 5.22. The Balaban J connectivity index is 2.21. The molecule has 1 aromatic heterocycles. The third kappa shape index (κ3) is 2.27. The highest BCUT2D eigenvalue weighted by atomic mass is 16.5. The SMILES string of the molecule is COc1cc(C(=O)Nc2[nH]ncc2N)ccc1C. The van der Waals surface area contributed by atoms with E-state index in [9.17, 15) is 4.79 Å². The summed E-state index contributed by atoms with van der Waals surface area (Å²) in [6.45, 7) is 1.91. The number of nitrogens with zero attached hydrogens (tertiary/aromatic N) is 1. The molecule has 0 aliphatic heterocycles. The van der Waals surface area contributed by atoms with Gasteiger partial charge in [-0.25, -0.2) is 0 Å². The molecule has 18 heavy (non-hydrogen) atoms. The number of nitrogens with one attached hydrogen (secondary N) is 2. The highest BCUT2D eigenvalue weighted by Gasteiger charge is 2.11. The van der Waals surface area contributed by atoms with Gasteiger partial charge in [-0.15, -0.1) is 0 Å². The van der Waals surface area contributed by atoms with Crippen molar-refractivity contribution >= 4 is 17.4 Å². The number of methoxy groups -OCH3 is 1. The molecule has 6 nitrogen and oxygen atoms in total. The van der Waals surface area contributed by atoms with Gasteiger partial charge in [0.15, 0.2) is 5.82 Å². The number of benzene rings is 1. The predicted molar refractivity (Wildman–Crippen MR) is 68.7 cm³/mol. The zero-order valence-electron chi connectivity index (χ0n) is 10.2. The van der Waals surface area contributed by atoms with Crippen molar-refractivity contribution in [2.75, 3.05) is 18.2 Å². The van der Waals surface area contributed by atoms with E-state index in [1.165, 1.54) is 6.20 Å². The Kier molecular flexibility index (Phi) is 3.18. The molecule has 0 fully saturated rings. The standard InChI is InChI=1S/C12H14N4O2/c1-7-3-4-8(5-10(7)18-2)12(17)15-11-9(13)6-14-16-11/h3-6H,13H2,1-2H3,(H2,14,15,16,17). The molecule has 0 bridgehead atoms. The number of aromatic amines is 1. The van der Waals surface area contributed by atoms with Crippen LogP contribution in [-0.4, -0.2) is 23.2 Å². The minimum Gasteiger partial charge on any atom is -0.496 e. The van der Waals surface area contributed by atoms with Gasteiger partial charge in [-0.2, -0.15) is 5.10 Å². The van der Waals surface area contributed by atoms with Gasteiger partial charge in [0, 0.05) is 5.56 Å². The fourth-order valence-electron chi connectivity index (χ4n) is 1.54. The number of nitrogen functional groups attached to an aromatic ring is 1. The van der Waals surface area contributed by atoms with Crippen molar-refractivity contribution < 1.29 is 9.53 Å². The van der Waals surface area contributed by atoms with Crippen LogP contribution >= 0.6 is 0 Å². The second-order valence-electron chi connectivity index (χ2n) is 3.84. The Morgan fingerprint density at radius 3 is 2.89 bits per heavy atom. The van der Waals surface area contributed by atoms with Gasteiger partial charge in [0.05, 0.1) is 19.0 Å². The van der Waals surface area contributed by atoms with Crippen LogP contribution in [-0.2, 0) is 0 Å². The van der Waals surface area contributed by atoms with Crippen molar-refractivity contribution in [3.8, 4) is 5.75 Å². The van der Waals surface area contributed by atoms with Gasteiger partial charge in [-0.05, 0) is 24.6 Å². The van der Waals surface area contributed by atoms with Gasteiger partial charge < -0.3 is 15.8 Å². The van der Waals surface area contributed by atoms with Crippen LogP contribution in [0.2, 0.25) is 0 Å². The number of aryl methyl sites for hydroxylation is 1. The van der Waals surface area contributed by atoms with Crippen LogP contribution < -0.4 is 15.8 Å². The number of carbonyl (C=O) groups excluding carboxylic acids is 1. The lowest BCUT2D eigenvalue weighted by atomic mass is 10.1. The molecule has 0 atom stereocenters. The number of carbonyl (C=O) groups is 1. The van der Waals surface area contributed by atoms with Crippen LogP contribution in [0.15, 0.2) is 24.4 Å². The quantitative estimate of drug-likeness (QED) is 0.766. The first kappa shape index (κ1) is 12.0. The molecular formula is C12H14N4O2. The Morgan fingerprint density at radius 2 is 2.28 bits per heavy atom. The molecule has 1 heterocycles. The Labute approximate surface area is 104 Å². The number of hydrogen-bond donors (Lipinski definition) is 3. The molecule has 1 aromatic carbocycles. The normalized spacial score (nSPS) is 10.1. The van der Waals surface area contributed by atoms with E-state index in [1.807, 2.05) is 13.0 Å². The average Bonchev–Trinajstić information content (AvgIpc) is 2.75. The molecule has 1 amide bonds. The van der Waals surface area contributed by atoms with Crippen molar-refractivity contribution in [3.05, 3.63) is 35.5 Å². The molecule has 2 rings (SSSR count). The summed E-state index contributed by atoms with van der Waals surface area (Å²) < 4.78 is 5.17. The Bertz CT molecular complexity index is 577. The summed E-state index contributed by atoms with van der Waals surface area (Å²) in [5.41, 5.74) is 7.46. The number of hydrogen-bond acceptors (Lipinski definition) is 4. The lowest BCUT2D eigenvalue weighted by Crippen LogP contribution is -2.13. The Morgan fingerprint density at radius 1 is 1.50 bits per heavy atom. The summed E-state index contributed by atoms with van der Waals surface area (Å²) in [6.07, 6.45) is 1.44. The highest BCUT2D eigenvalue weighted by Crippen LogP contribution is 2.20. The summed E-state index contributed by atoms with van der Waals surface area (Å²) in [5, 5.41) is 8.97. The maximum absolute atomic E-state index is 12.0. The number of amides is 1. The van der Waals surface area contributed by atoms with Crippen LogP contribution in [0, 0.1) is 6.92 Å². The second kappa shape index (κ2) is 4.79. The molecule has 0 radical (unpaired) electrons. The first-order valence-corrected chi connectivity index (χ1v) is 5.36. The minimum atomic E-state index is -0.274. The molecule has 0 saturated heterocycles. The van der Waals surface area contributed by atoms with Gasteiger partial charge in [-0.1, -0.05) is 6.07 Å². The summed E-state index contributed by atoms with van der Waals surface area (Å²) in [7, 11) is 1.57. The summed E-state index contributed by atoms with van der Waals surface area (Å²) in [4.78, 5) is 12.0. The van der Waals surface area contributed by atoms with E-state index in [-0.39, 0.29) is 5.91 Å². The van der Waals surface area contributed by atoms with Crippen molar-refractivity contribution in [3.63, 3.8) is 0 Å². The van der Waals surface area contributed by atoms with Gasteiger partial charge in [0.25, 0.3) is 5.91 Å². The smallest absolute Gasteiger partial charge is 0.256 e. The fourth-order valence-corrected chi connectivity index (χ4v) is 1.54. The molecule has 2 aromatic rings. The van der Waals surface area contributed by atoms with E-state index in [1.54, 1.807) is 19.2 Å². The lowest BCUT2D eigenvalue weighted by Gasteiger charge is -2.08. The molecule has 94 valence electrons. The van der Waals surface area contributed by atoms with Gasteiger partial charge in [0.2, 0.25) is 0 Å². The van der Waals surface area contributed by atoms with Gasteiger partial charge in [0.1, 0.15) is 5.75 Å². The summed E-state index contributed by atoms with van der Waals surface area (Å²) in [5.74, 6) is 0.782. The van der Waals surface area contributed by atoms with E-state index in [2.05, 4.69) is 15.5 Å². The highest BCUT2D eigenvalue weighted by molar-refractivity contribution is 6.05. The third-order valence-electron chi connectivity index (χ3n) is 2.58. The zero-order chi connectivity index (χ0) is 13.1. The van der Waals surface area contributed by atoms with Crippen LogP contribution in [0.1, 0.15) is 15.9 Å². The Hall–Kier alpha value is -2.50. The van der Waals surface area contributed by atoms with Crippen LogP contribution in [0.5, 0.6) is 5.75 Å². The monoisotopic (exact) mass is 246 g/mol. The fraction of sp³-hybridized carbons (Fsp3) is 0.167. The molecule has 0 aliphatic carbocycles. The van der Waals surface area contributed by atoms with E-state index >= 15 is 0 Å². The van der Waals surface area contributed by atoms with Gasteiger partial charge in [-0.3, -0.25) is 9.89 Å². The summed E-state index contributed by atoms with van der Waals surface area (Å²) >= 11 is 0. The molecule has 6 heteroatoms. The number of ether oxygens (including phenoxy) is 1. The first-order valence-electron chi connectivity index (χ1n) is 5.36. The molecule has 4 N–H and O–H groups in total. The van der Waals surface area contributed by atoms with Crippen molar-refractivity contribution in [2.45, 2.75) is 6.92 Å². The number of nitrogens with two attached hydrogens (primary N) is 1. The molecule has 0 saturated carbocycles.